The van der Waals surface area contributed by atoms with Gasteiger partial charge in [-0.25, -0.2) is 9.80 Å². The number of carbonyl (C=O) groups excluding carboxylic acids is 3. The van der Waals surface area contributed by atoms with Gasteiger partial charge in [-0.1, -0.05) is 13.8 Å². The molecule has 1 amide bonds. The fourth-order valence-electron chi connectivity index (χ4n) is 2.90. The molecule has 0 aromatic rings. The molecule has 0 unspecified atom stereocenters. The fraction of sp³-hybridized carbons (Fsp3) is 0.722. The number of nitrogens with one attached hydrogen (secondary N) is 1. The van der Waals surface area contributed by atoms with E-state index in [0.29, 0.717) is 18.5 Å². The van der Waals surface area contributed by atoms with Crippen LogP contribution in [0.15, 0.2) is 11.3 Å². The van der Waals surface area contributed by atoms with E-state index in [1.54, 1.807) is 34.6 Å². The molecular formula is C18H28N2O4. The second-order valence-electron chi connectivity index (χ2n) is 8.30. The summed E-state index contributed by atoms with van der Waals surface area (Å²) in [4.78, 5) is 37.2. The highest BCUT2D eigenvalue weighted by molar-refractivity contribution is 6.22. The summed E-state index contributed by atoms with van der Waals surface area (Å²) in [5.74, 6) is -0.547. The maximum absolute atomic E-state index is 12.5. The van der Waals surface area contributed by atoms with Crippen LogP contribution in [0, 0.1) is 11.3 Å². The van der Waals surface area contributed by atoms with Crippen molar-refractivity contribution >= 4 is 17.7 Å². The number of hydrogen-bond donors (Lipinski definition) is 1. The lowest BCUT2D eigenvalue weighted by Crippen LogP contribution is -2.45. The monoisotopic (exact) mass is 336 g/mol. The van der Waals surface area contributed by atoms with E-state index in [4.69, 9.17) is 4.74 Å². The van der Waals surface area contributed by atoms with Crippen molar-refractivity contribution in [3.05, 3.63) is 11.3 Å². The van der Waals surface area contributed by atoms with E-state index in [9.17, 15) is 14.4 Å². The van der Waals surface area contributed by atoms with Crippen molar-refractivity contribution in [2.75, 3.05) is 7.05 Å². The molecule has 2 aliphatic carbocycles. The average molecular weight is 336 g/mol. The zero-order valence-corrected chi connectivity index (χ0v) is 15.5. The Morgan fingerprint density at radius 1 is 1.21 bits per heavy atom. The van der Waals surface area contributed by atoms with Crippen LogP contribution in [0.3, 0.4) is 0 Å². The first kappa shape index (κ1) is 18.5. The van der Waals surface area contributed by atoms with Gasteiger partial charge in [-0.15, -0.1) is 0 Å². The molecule has 2 rings (SSSR count). The molecule has 2 aliphatic rings. The summed E-state index contributed by atoms with van der Waals surface area (Å²) < 4.78 is 5.31. The van der Waals surface area contributed by atoms with Gasteiger partial charge < -0.3 is 4.74 Å². The van der Waals surface area contributed by atoms with Crippen molar-refractivity contribution in [1.29, 1.82) is 0 Å². The molecule has 1 saturated carbocycles. The van der Waals surface area contributed by atoms with Crippen molar-refractivity contribution in [2.45, 2.75) is 65.9 Å². The van der Waals surface area contributed by atoms with Gasteiger partial charge in [0.2, 0.25) is 0 Å². The highest BCUT2D eigenvalue weighted by Crippen LogP contribution is 2.56. The molecule has 0 aromatic carbocycles. The third-order valence-electron chi connectivity index (χ3n) is 4.37. The second-order valence-corrected chi connectivity index (χ2v) is 8.30. The van der Waals surface area contributed by atoms with E-state index in [2.05, 4.69) is 5.43 Å². The lowest BCUT2D eigenvalue weighted by atomic mass is 9.80. The molecule has 1 spiro atoms. The van der Waals surface area contributed by atoms with E-state index in [1.807, 2.05) is 0 Å². The average Bonchev–Trinajstić information content (AvgIpc) is 3.14. The minimum atomic E-state index is -0.613. The number of rotatable bonds is 4. The summed E-state index contributed by atoms with van der Waals surface area (Å²) in [5.41, 5.74) is 3.09. The highest BCUT2D eigenvalue weighted by Gasteiger charge is 2.50. The number of carbonyl (C=O) groups is 3. The largest absolute Gasteiger partial charge is 0.442 e. The fourth-order valence-corrected chi connectivity index (χ4v) is 2.90. The Morgan fingerprint density at radius 2 is 1.79 bits per heavy atom. The number of ketones is 2. The molecule has 0 aliphatic heterocycles. The molecule has 134 valence electrons. The lowest BCUT2D eigenvalue weighted by Gasteiger charge is -2.31. The number of amides is 1. The zero-order valence-electron chi connectivity index (χ0n) is 15.5. The lowest BCUT2D eigenvalue weighted by molar-refractivity contribution is -0.124. The van der Waals surface area contributed by atoms with Crippen molar-refractivity contribution in [2.24, 2.45) is 11.3 Å². The SMILES string of the molecule is CC(C)C(=O)C1=C(NN(C)C(=O)OC(C)(C)C)CC2(CC2)CC1=O. The number of nitrogens with zero attached hydrogens (tertiary/aromatic N) is 1. The molecule has 6 heteroatoms. The van der Waals surface area contributed by atoms with Crippen LogP contribution in [0.4, 0.5) is 4.79 Å². The van der Waals surface area contributed by atoms with Crippen LogP contribution in [-0.4, -0.2) is 35.3 Å². The number of ether oxygens (including phenoxy) is 1. The first-order valence-corrected chi connectivity index (χ1v) is 8.48. The van der Waals surface area contributed by atoms with Crippen molar-refractivity contribution < 1.29 is 19.1 Å². The van der Waals surface area contributed by atoms with Gasteiger partial charge in [0.25, 0.3) is 0 Å². The van der Waals surface area contributed by atoms with E-state index in [0.717, 1.165) is 12.8 Å². The molecule has 0 atom stereocenters. The van der Waals surface area contributed by atoms with Gasteiger partial charge in [0.05, 0.1) is 5.57 Å². The molecule has 0 radical (unpaired) electrons. The molecule has 6 nitrogen and oxygen atoms in total. The van der Waals surface area contributed by atoms with Gasteiger partial charge in [-0.2, -0.15) is 0 Å². The molecule has 1 N–H and O–H groups in total. The van der Waals surface area contributed by atoms with Crippen LogP contribution in [0.5, 0.6) is 0 Å². The van der Waals surface area contributed by atoms with Crippen LogP contribution >= 0.6 is 0 Å². The number of allylic oxidation sites excluding steroid dienone is 2. The number of hydrazine groups is 1. The predicted octanol–water partition coefficient (Wildman–Crippen LogP) is 2.98. The summed E-state index contributed by atoms with van der Waals surface area (Å²) in [5, 5.41) is 1.21. The van der Waals surface area contributed by atoms with Crippen molar-refractivity contribution in [3.63, 3.8) is 0 Å². The molecular weight excluding hydrogens is 308 g/mol. The van der Waals surface area contributed by atoms with Gasteiger partial charge in [-0.05, 0) is 45.4 Å². The summed E-state index contributed by atoms with van der Waals surface area (Å²) in [6.07, 6.45) is 2.49. The summed E-state index contributed by atoms with van der Waals surface area (Å²) >= 11 is 0. The van der Waals surface area contributed by atoms with E-state index < -0.39 is 11.7 Å². The zero-order chi connectivity index (χ0) is 18.3. The van der Waals surface area contributed by atoms with Crippen molar-refractivity contribution in [1.82, 2.24) is 10.4 Å². The van der Waals surface area contributed by atoms with Gasteiger partial charge in [0.1, 0.15) is 5.60 Å². The molecule has 0 aromatic heterocycles. The minimum Gasteiger partial charge on any atom is -0.442 e. The van der Waals surface area contributed by atoms with Gasteiger partial charge >= 0.3 is 6.09 Å². The van der Waals surface area contributed by atoms with E-state index >= 15 is 0 Å². The van der Waals surface area contributed by atoms with E-state index in [-0.39, 0.29) is 28.5 Å². The number of Topliss-reactive ketones (excluding diaryl/α,β-unsaturated/α-hetero) is 2. The second kappa shape index (κ2) is 6.22. The first-order chi connectivity index (χ1) is 10.9. The third-order valence-corrected chi connectivity index (χ3v) is 4.37. The smallest absolute Gasteiger partial charge is 0.428 e. The summed E-state index contributed by atoms with van der Waals surface area (Å²) in [6.45, 7) is 8.91. The number of hydrogen-bond acceptors (Lipinski definition) is 5. The van der Waals surface area contributed by atoms with Crippen LogP contribution in [-0.2, 0) is 14.3 Å². The topological polar surface area (TPSA) is 75.7 Å². The summed E-state index contributed by atoms with van der Waals surface area (Å²) in [7, 11) is 1.54. The molecule has 24 heavy (non-hydrogen) atoms. The van der Waals surface area contributed by atoms with Crippen LogP contribution in [0.1, 0.15) is 60.3 Å². The first-order valence-electron chi connectivity index (χ1n) is 8.48. The highest BCUT2D eigenvalue weighted by atomic mass is 16.6. The van der Waals surface area contributed by atoms with Crippen LogP contribution in [0.2, 0.25) is 0 Å². The Bertz CT molecular complexity index is 595. The van der Waals surface area contributed by atoms with E-state index in [1.165, 1.54) is 12.1 Å². The van der Waals surface area contributed by atoms with Gasteiger partial charge in [0.15, 0.2) is 11.6 Å². The van der Waals surface area contributed by atoms with Gasteiger partial charge in [-0.3, -0.25) is 15.0 Å². The Kier molecular flexibility index (Phi) is 4.79. The Labute approximate surface area is 143 Å². The molecule has 0 heterocycles. The normalized spacial score (nSPS) is 19.5. The van der Waals surface area contributed by atoms with Gasteiger partial charge in [0, 0.05) is 25.1 Å². The Morgan fingerprint density at radius 3 is 2.25 bits per heavy atom. The van der Waals surface area contributed by atoms with Crippen LogP contribution < -0.4 is 5.43 Å². The maximum atomic E-state index is 12.5. The predicted molar refractivity (Wildman–Crippen MR) is 89.9 cm³/mol. The Hall–Kier alpha value is -1.85. The summed E-state index contributed by atoms with van der Waals surface area (Å²) in [6, 6.07) is 0. The quantitative estimate of drug-likeness (QED) is 0.631. The molecule has 0 saturated heterocycles. The van der Waals surface area contributed by atoms with Crippen LogP contribution in [0.25, 0.3) is 0 Å². The third kappa shape index (κ3) is 4.16. The maximum Gasteiger partial charge on any atom is 0.428 e. The Balaban J connectivity index is 2.24. The molecule has 0 bridgehead atoms. The van der Waals surface area contributed by atoms with Crippen molar-refractivity contribution in [3.8, 4) is 0 Å². The molecule has 1 fully saturated rings. The standard InChI is InChI=1S/C18H28N2O4/c1-11(2)15(22)14-12(9-18(7-8-18)10-13(14)21)19-20(6)16(23)24-17(3,4)5/h11,19H,7-10H2,1-6H3. The minimum absolute atomic E-state index is 0.0189.